The van der Waals surface area contributed by atoms with Crippen LogP contribution in [0.1, 0.15) is 27.8 Å². The van der Waals surface area contributed by atoms with Gasteiger partial charge in [0.1, 0.15) is 12.4 Å². The Hall–Kier alpha value is -3.34. The number of alkyl halides is 8. The molecule has 3 aromatic rings. The molecular weight excluding hydrogens is 522 g/mol. The minimum atomic E-state index is -5.85. The lowest BCUT2D eigenvalue weighted by atomic mass is 10.0. The van der Waals surface area contributed by atoms with E-state index in [1.54, 1.807) is 6.07 Å². The highest BCUT2D eigenvalue weighted by Crippen LogP contribution is 2.44. The third kappa shape index (κ3) is 7.37. The van der Waals surface area contributed by atoms with Crippen LogP contribution in [0.4, 0.5) is 40.8 Å². The van der Waals surface area contributed by atoms with Gasteiger partial charge in [-0.2, -0.15) is 35.1 Å². The number of rotatable bonds is 9. The molecule has 206 valence electrons. The van der Waals surface area contributed by atoms with E-state index >= 15 is 0 Å². The van der Waals surface area contributed by atoms with Gasteiger partial charge in [0, 0.05) is 23.9 Å². The number of halogens is 8. The maximum atomic E-state index is 13.9. The molecule has 0 fully saturated rings. The second-order valence-corrected chi connectivity index (χ2v) is 8.99. The van der Waals surface area contributed by atoms with Crippen LogP contribution < -0.4 is 9.64 Å². The molecule has 1 N–H and O–H groups in total. The number of aliphatic hydroxyl groups excluding tert-OH is 1. The van der Waals surface area contributed by atoms with Gasteiger partial charge in [-0.05, 0) is 43.2 Å². The van der Waals surface area contributed by atoms with Crippen molar-refractivity contribution in [3.8, 4) is 5.75 Å². The average molecular weight is 547 g/mol. The normalized spacial score (nSPS) is 13.3. The minimum absolute atomic E-state index is 0.109. The second-order valence-electron chi connectivity index (χ2n) is 8.99. The van der Waals surface area contributed by atoms with E-state index in [-0.39, 0.29) is 23.6 Å². The maximum absolute atomic E-state index is 13.9. The van der Waals surface area contributed by atoms with Crippen molar-refractivity contribution in [2.75, 3.05) is 11.4 Å². The molecule has 11 heteroatoms. The predicted octanol–water partition coefficient (Wildman–Crippen LogP) is 7.47. The van der Waals surface area contributed by atoms with Crippen LogP contribution in [0.3, 0.4) is 0 Å². The Morgan fingerprint density at radius 2 is 1.42 bits per heavy atom. The number of hydrogen-bond donors (Lipinski definition) is 1. The van der Waals surface area contributed by atoms with E-state index < -0.39 is 43.0 Å². The molecule has 0 bridgehead atoms. The van der Waals surface area contributed by atoms with Crippen LogP contribution in [-0.4, -0.2) is 30.1 Å². The molecule has 3 aromatic carbocycles. The molecule has 0 radical (unpaired) electrons. The molecule has 1 atom stereocenters. The molecule has 0 aliphatic heterocycles. The Labute approximate surface area is 214 Å². The fraction of sp³-hybridized carbons (Fsp3) is 0.333. The van der Waals surface area contributed by atoms with E-state index in [1.807, 2.05) is 32.0 Å². The van der Waals surface area contributed by atoms with E-state index in [2.05, 4.69) is 0 Å². The van der Waals surface area contributed by atoms with Gasteiger partial charge in [0.05, 0.1) is 6.54 Å². The maximum Gasteiger partial charge on any atom is 0.458 e. The third-order valence-corrected chi connectivity index (χ3v) is 5.66. The SMILES string of the molecule is Cc1cc(C)cc(COc2cccc(N(Cc3cccc(C(F)(F)C(F)(F)F)c3)C[C@@H](O)C(F)(F)F)c2)c1. The summed E-state index contributed by atoms with van der Waals surface area (Å²) in [6.45, 7) is 2.51. The summed E-state index contributed by atoms with van der Waals surface area (Å²) in [7, 11) is 0. The van der Waals surface area contributed by atoms with Crippen molar-refractivity contribution in [2.24, 2.45) is 0 Å². The molecule has 0 aliphatic carbocycles. The molecular formula is C27H25F8NO2. The number of hydrogen-bond acceptors (Lipinski definition) is 3. The summed E-state index contributed by atoms with van der Waals surface area (Å²) in [5.41, 5.74) is 1.58. The van der Waals surface area contributed by atoms with Crippen molar-refractivity contribution in [1.29, 1.82) is 0 Å². The lowest BCUT2D eigenvalue weighted by Gasteiger charge is -2.29. The zero-order valence-corrected chi connectivity index (χ0v) is 20.4. The van der Waals surface area contributed by atoms with E-state index in [0.717, 1.165) is 27.7 Å². The van der Waals surface area contributed by atoms with Gasteiger partial charge >= 0.3 is 18.3 Å². The average Bonchev–Trinajstić information content (AvgIpc) is 2.81. The zero-order chi connectivity index (χ0) is 28.3. The Balaban J connectivity index is 1.89. The topological polar surface area (TPSA) is 32.7 Å². The molecule has 0 spiro atoms. The molecule has 0 aliphatic rings. The van der Waals surface area contributed by atoms with Crippen LogP contribution in [0.5, 0.6) is 5.75 Å². The first-order chi connectivity index (χ1) is 17.6. The summed E-state index contributed by atoms with van der Waals surface area (Å²) in [6, 6.07) is 15.0. The highest BCUT2D eigenvalue weighted by molar-refractivity contribution is 5.51. The Morgan fingerprint density at radius 3 is 2.03 bits per heavy atom. The van der Waals surface area contributed by atoms with Crippen molar-refractivity contribution in [3.63, 3.8) is 0 Å². The molecule has 0 aromatic heterocycles. The third-order valence-electron chi connectivity index (χ3n) is 5.66. The molecule has 38 heavy (non-hydrogen) atoms. The Bertz CT molecular complexity index is 1220. The molecule has 0 saturated carbocycles. The zero-order valence-electron chi connectivity index (χ0n) is 20.4. The quantitative estimate of drug-likeness (QED) is 0.282. The van der Waals surface area contributed by atoms with Crippen LogP contribution >= 0.6 is 0 Å². The van der Waals surface area contributed by atoms with E-state index in [4.69, 9.17) is 4.74 Å². The highest BCUT2D eigenvalue weighted by Gasteiger charge is 2.58. The Morgan fingerprint density at radius 1 is 0.789 bits per heavy atom. The molecule has 3 rings (SSSR count). The van der Waals surface area contributed by atoms with Gasteiger partial charge < -0.3 is 14.7 Å². The number of aliphatic hydroxyl groups is 1. The summed E-state index contributed by atoms with van der Waals surface area (Å²) < 4.78 is 111. The van der Waals surface area contributed by atoms with Crippen LogP contribution in [0.15, 0.2) is 66.7 Å². The summed E-state index contributed by atoms with van der Waals surface area (Å²) in [5.74, 6) is -4.87. The Kier molecular flexibility index (Phi) is 8.60. The summed E-state index contributed by atoms with van der Waals surface area (Å²) >= 11 is 0. The van der Waals surface area contributed by atoms with Crippen molar-refractivity contribution in [2.45, 2.75) is 51.4 Å². The van der Waals surface area contributed by atoms with Crippen LogP contribution in [0.2, 0.25) is 0 Å². The molecule has 0 amide bonds. The first-order valence-electron chi connectivity index (χ1n) is 11.4. The van der Waals surface area contributed by atoms with Crippen molar-refractivity contribution < 1.29 is 45.0 Å². The van der Waals surface area contributed by atoms with Gasteiger partial charge in [-0.3, -0.25) is 0 Å². The first-order valence-corrected chi connectivity index (χ1v) is 11.4. The van der Waals surface area contributed by atoms with Crippen molar-refractivity contribution in [3.05, 3.63) is 94.5 Å². The number of aryl methyl sites for hydroxylation is 2. The monoisotopic (exact) mass is 547 g/mol. The van der Waals surface area contributed by atoms with Crippen LogP contribution in [-0.2, 0) is 19.1 Å². The second kappa shape index (κ2) is 11.2. The van der Waals surface area contributed by atoms with E-state index in [0.29, 0.717) is 12.1 Å². The van der Waals surface area contributed by atoms with Crippen LogP contribution in [0.25, 0.3) is 0 Å². The highest BCUT2D eigenvalue weighted by atomic mass is 19.4. The van der Waals surface area contributed by atoms with Crippen molar-refractivity contribution >= 4 is 5.69 Å². The summed E-state index contributed by atoms with van der Waals surface area (Å²) in [4.78, 5) is 1.03. The van der Waals surface area contributed by atoms with Gasteiger partial charge in [-0.15, -0.1) is 0 Å². The number of nitrogens with zero attached hydrogens (tertiary/aromatic N) is 1. The first kappa shape index (κ1) is 29.2. The fourth-order valence-electron chi connectivity index (χ4n) is 3.91. The lowest BCUT2D eigenvalue weighted by Crippen LogP contribution is -2.41. The minimum Gasteiger partial charge on any atom is -0.489 e. The smallest absolute Gasteiger partial charge is 0.458 e. The molecule has 0 heterocycles. The van der Waals surface area contributed by atoms with Gasteiger partial charge in [0.25, 0.3) is 0 Å². The van der Waals surface area contributed by atoms with Crippen LogP contribution in [0, 0.1) is 13.8 Å². The standard InChI is InChI=1S/C27H25F8NO2/c1-17-9-18(2)11-20(10-17)16-38-23-8-4-7-22(13-23)36(15-24(37)26(30,31)32)14-19-5-3-6-21(12-19)25(28,29)27(33,34)35/h3-13,24,37H,14-16H2,1-2H3/t24-/m1/s1. The molecule has 3 nitrogen and oxygen atoms in total. The van der Waals surface area contributed by atoms with Gasteiger partial charge in [-0.1, -0.05) is 53.6 Å². The summed E-state index contributed by atoms with van der Waals surface area (Å²) in [6.07, 6.45) is -13.6. The van der Waals surface area contributed by atoms with Gasteiger partial charge in [0.2, 0.25) is 0 Å². The van der Waals surface area contributed by atoms with Gasteiger partial charge in [-0.25, -0.2) is 0 Å². The molecule has 0 saturated heterocycles. The van der Waals surface area contributed by atoms with Gasteiger partial charge in [0.15, 0.2) is 6.10 Å². The number of ether oxygens (including phenoxy) is 1. The largest absolute Gasteiger partial charge is 0.489 e. The van der Waals surface area contributed by atoms with E-state index in [1.165, 1.54) is 24.3 Å². The fourth-order valence-corrected chi connectivity index (χ4v) is 3.91. The number of anilines is 1. The summed E-state index contributed by atoms with van der Waals surface area (Å²) in [5, 5.41) is 9.69. The lowest BCUT2D eigenvalue weighted by molar-refractivity contribution is -0.289. The van der Waals surface area contributed by atoms with Crippen molar-refractivity contribution in [1.82, 2.24) is 0 Å². The number of benzene rings is 3. The molecule has 0 unspecified atom stereocenters. The predicted molar refractivity (Wildman–Crippen MR) is 126 cm³/mol. The van der Waals surface area contributed by atoms with E-state index in [9.17, 15) is 40.2 Å².